The molecule has 1 heterocycles. The molecule has 7 heteroatoms. The van der Waals surface area contributed by atoms with Crippen LogP contribution in [0.25, 0.3) is 11.0 Å². The van der Waals surface area contributed by atoms with E-state index in [1.807, 2.05) is 25.1 Å². The van der Waals surface area contributed by atoms with Gasteiger partial charge in [-0.15, -0.1) is 0 Å². The van der Waals surface area contributed by atoms with Crippen LogP contribution in [-0.2, 0) is 9.53 Å². The van der Waals surface area contributed by atoms with Gasteiger partial charge in [0.1, 0.15) is 17.3 Å². The van der Waals surface area contributed by atoms with Gasteiger partial charge in [0.25, 0.3) is 0 Å². The minimum Gasteiger partial charge on any atom is -0.494 e. The molecule has 6 nitrogen and oxygen atoms in total. The average molecular weight is 309 g/mol. The molecule has 0 spiro atoms. The predicted octanol–water partition coefficient (Wildman–Crippen LogP) is 2.03. The molecule has 0 aliphatic rings. The monoisotopic (exact) mass is 309 g/mol. The number of H-pyrrole nitrogens is 1. The zero-order valence-corrected chi connectivity index (χ0v) is 13.1. The third-order valence-electron chi connectivity index (χ3n) is 3.31. The van der Waals surface area contributed by atoms with E-state index in [-0.39, 0.29) is 5.91 Å². The highest BCUT2D eigenvalue weighted by atomic mass is 32.1. The van der Waals surface area contributed by atoms with Crippen LogP contribution in [0.3, 0.4) is 0 Å². The number of hydrogen-bond donors (Lipinski definition) is 2. The predicted molar refractivity (Wildman–Crippen MR) is 83.3 cm³/mol. The average Bonchev–Trinajstić information content (AvgIpc) is 2.82. The number of ether oxygens (including phenoxy) is 2. The molecule has 0 fully saturated rings. The van der Waals surface area contributed by atoms with Crippen molar-refractivity contribution in [3.63, 3.8) is 0 Å². The Kier molecular flexibility index (Phi) is 4.98. The second-order valence-electron chi connectivity index (χ2n) is 4.61. The van der Waals surface area contributed by atoms with E-state index in [2.05, 4.69) is 10.3 Å². The Hall–Kier alpha value is -1.86. The Morgan fingerprint density at radius 2 is 2.24 bits per heavy atom. The third-order valence-corrected chi connectivity index (χ3v) is 3.61. The zero-order chi connectivity index (χ0) is 15.4. The highest BCUT2D eigenvalue weighted by Gasteiger charge is 2.19. The van der Waals surface area contributed by atoms with E-state index >= 15 is 0 Å². The summed E-state index contributed by atoms with van der Waals surface area (Å²) in [6.07, 6.45) is 0. The zero-order valence-electron chi connectivity index (χ0n) is 12.3. The van der Waals surface area contributed by atoms with Gasteiger partial charge in [-0.2, -0.15) is 0 Å². The van der Waals surface area contributed by atoms with Gasteiger partial charge in [-0.1, -0.05) is 6.07 Å². The normalized spacial score (nSPS) is 12.3. The van der Waals surface area contributed by atoms with Gasteiger partial charge in [-0.05, 0) is 31.3 Å². The highest BCUT2D eigenvalue weighted by Crippen LogP contribution is 2.26. The molecule has 0 saturated carbocycles. The number of benzene rings is 1. The first-order valence-electron chi connectivity index (χ1n) is 6.64. The summed E-state index contributed by atoms with van der Waals surface area (Å²) < 4.78 is 12.5. The fourth-order valence-corrected chi connectivity index (χ4v) is 2.58. The molecule has 21 heavy (non-hydrogen) atoms. The standard InChI is InChI=1S/C14H19N3O3S/c1-9(13(18)15-7-8-19-2)17-10-5-4-6-11(20-3)12(10)16-14(17)21/h4-6,9H,7-8H2,1-3H3,(H,15,18)(H,16,21). The van der Waals surface area contributed by atoms with E-state index in [4.69, 9.17) is 21.7 Å². The third kappa shape index (κ3) is 3.08. The Bertz CT molecular complexity index is 692. The molecule has 2 aromatic rings. The smallest absolute Gasteiger partial charge is 0.242 e. The summed E-state index contributed by atoms with van der Waals surface area (Å²) in [5.74, 6) is 0.594. The molecule has 1 unspecified atom stereocenters. The summed E-state index contributed by atoms with van der Waals surface area (Å²) in [5.41, 5.74) is 1.63. The van der Waals surface area contributed by atoms with Crippen LogP contribution in [0, 0.1) is 4.77 Å². The van der Waals surface area contributed by atoms with E-state index in [1.54, 1.807) is 18.8 Å². The molecule has 2 rings (SSSR count). The second-order valence-corrected chi connectivity index (χ2v) is 5.00. The summed E-state index contributed by atoms with van der Waals surface area (Å²) in [6, 6.07) is 5.20. The molecule has 0 bridgehead atoms. The number of rotatable bonds is 6. The van der Waals surface area contributed by atoms with Gasteiger partial charge >= 0.3 is 0 Å². The summed E-state index contributed by atoms with van der Waals surface area (Å²) in [6.45, 7) is 2.76. The van der Waals surface area contributed by atoms with Crippen LogP contribution >= 0.6 is 12.2 Å². The highest BCUT2D eigenvalue weighted by molar-refractivity contribution is 7.71. The number of hydrogen-bond acceptors (Lipinski definition) is 4. The minimum absolute atomic E-state index is 0.105. The maximum absolute atomic E-state index is 12.2. The first-order valence-corrected chi connectivity index (χ1v) is 7.04. The number of para-hydroxylation sites is 1. The first-order chi connectivity index (χ1) is 10.1. The van der Waals surface area contributed by atoms with Crippen LogP contribution < -0.4 is 10.1 Å². The van der Waals surface area contributed by atoms with Gasteiger partial charge in [0.15, 0.2) is 4.77 Å². The van der Waals surface area contributed by atoms with Crippen molar-refractivity contribution in [2.75, 3.05) is 27.4 Å². The number of fused-ring (bicyclic) bond motifs is 1. The minimum atomic E-state index is -0.421. The summed E-state index contributed by atoms with van der Waals surface area (Å²) >= 11 is 5.34. The molecule has 1 atom stereocenters. The number of carbonyl (C=O) groups is 1. The van der Waals surface area contributed by atoms with Crippen molar-refractivity contribution in [1.29, 1.82) is 0 Å². The quantitative estimate of drug-likeness (QED) is 0.633. The lowest BCUT2D eigenvalue weighted by molar-refractivity contribution is -0.124. The van der Waals surface area contributed by atoms with Gasteiger partial charge in [0.05, 0.1) is 19.2 Å². The van der Waals surface area contributed by atoms with E-state index in [0.29, 0.717) is 23.7 Å². The number of aromatic nitrogens is 2. The maximum atomic E-state index is 12.2. The van der Waals surface area contributed by atoms with Gasteiger partial charge in [-0.3, -0.25) is 4.79 Å². The Morgan fingerprint density at radius 1 is 1.48 bits per heavy atom. The van der Waals surface area contributed by atoms with E-state index in [0.717, 1.165) is 11.0 Å². The van der Waals surface area contributed by atoms with Crippen LogP contribution in [0.2, 0.25) is 0 Å². The number of nitrogens with one attached hydrogen (secondary N) is 2. The lowest BCUT2D eigenvalue weighted by atomic mass is 10.2. The van der Waals surface area contributed by atoms with Crippen molar-refractivity contribution in [3.8, 4) is 5.75 Å². The van der Waals surface area contributed by atoms with Crippen molar-refractivity contribution in [1.82, 2.24) is 14.9 Å². The molecule has 114 valence electrons. The van der Waals surface area contributed by atoms with Gasteiger partial charge in [-0.25, -0.2) is 0 Å². The Balaban J connectivity index is 2.35. The number of amides is 1. The molecule has 0 radical (unpaired) electrons. The molecule has 1 aromatic heterocycles. The molecular weight excluding hydrogens is 290 g/mol. The molecule has 1 aromatic carbocycles. The summed E-state index contributed by atoms with van der Waals surface area (Å²) in [5, 5.41) is 2.82. The van der Waals surface area contributed by atoms with Crippen LogP contribution in [0.4, 0.5) is 0 Å². The maximum Gasteiger partial charge on any atom is 0.242 e. The SMILES string of the molecule is COCCNC(=O)C(C)n1c(=S)[nH]c2c(OC)cccc21. The molecule has 0 saturated heterocycles. The largest absolute Gasteiger partial charge is 0.494 e. The van der Waals surface area contributed by atoms with Crippen molar-refractivity contribution >= 4 is 29.2 Å². The number of carbonyl (C=O) groups excluding carboxylic acids is 1. The summed E-state index contributed by atoms with van der Waals surface area (Å²) in [7, 11) is 3.20. The van der Waals surface area contributed by atoms with E-state index in [1.165, 1.54) is 0 Å². The molecule has 2 N–H and O–H groups in total. The van der Waals surface area contributed by atoms with Crippen LogP contribution in [0.5, 0.6) is 5.75 Å². The van der Waals surface area contributed by atoms with E-state index < -0.39 is 6.04 Å². The molecular formula is C14H19N3O3S. The number of nitrogens with zero attached hydrogens (tertiary/aromatic N) is 1. The molecule has 0 aliphatic heterocycles. The number of aromatic amines is 1. The summed E-state index contributed by atoms with van der Waals surface area (Å²) in [4.78, 5) is 15.3. The van der Waals surface area contributed by atoms with Crippen molar-refractivity contribution in [3.05, 3.63) is 23.0 Å². The van der Waals surface area contributed by atoms with Crippen LogP contribution in [-0.4, -0.2) is 42.8 Å². The molecule has 1 amide bonds. The van der Waals surface area contributed by atoms with Gasteiger partial charge < -0.3 is 24.3 Å². The number of imidazole rings is 1. The fraction of sp³-hybridized carbons (Fsp3) is 0.429. The van der Waals surface area contributed by atoms with Crippen molar-refractivity contribution < 1.29 is 14.3 Å². The molecule has 0 aliphatic carbocycles. The topological polar surface area (TPSA) is 68.3 Å². The van der Waals surface area contributed by atoms with Crippen molar-refractivity contribution in [2.45, 2.75) is 13.0 Å². The number of methoxy groups -OCH3 is 2. The second kappa shape index (κ2) is 6.73. The van der Waals surface area contributed by atoms with Crippen LogP contribution in [0.15, 0.2) is 18.2 Å². The Labute approximate surface area is 128 Å². The van der Waals surface area contributed by atoms with Gasteiger partial charge in [0, 0.05) is 13.7 Å². The van der Waals surface area contributed by atoms with Crippen molar-refractivity contribution in [2.24, 2.45) is 0 Å². The lowest BCUT2D eigenvalue weighted by Crippen LogP contribution is -2.33. The van der Waals surface area contributed by atoms with E-state index in [9.17, 15) is 4.79 Å². The van der Waals surface area contributed by atoms with Crippen LogP contribution in [0.1, 0.15) is 13.0 Å². The Morgan fingerprint density at radius 3 is 2.90 bits per heavy atom. The van der Waals surface area contributed by atoms with Gasteiger partial charge in [0.2, 0.25) is 5.91 Å². The first kappa shape index (κ1) is 15.5. The lowest BCUT2D eigenvalue weighted by Gasteiger charge is -2.14. The fourth-order valence-electron chi connectivity index (χ4n) is 2.22.